The van der Waals surface area contributed by atoms with Crippen LogP contribution in [0.5, 0.6) is 0 Å². The van der Waals surface area contributed by atoms with Gasteiger partial charge in [-0.3, -0.25) is 14.9 Å². The fourth-order valence-corrected chi connectivity index (χ4v) is 3.49. The molecule has 28 heavy (non-hydrogen) atoms. The Bertz CT molecular complexity index is 801. The third-order valence-electron chi connectivity index (χ3n) is 4.67. The maximum absolute atomic E-state index is 12.2. The number of amides is 2. The van der Waals surface area contributed by atoms with Crippen LogP contribution in [0.15, 0.2) is 23.8 Å². The van der Waals surface area contributed by atoms with E-state index in [0.29, 0.717) is 23.2 Å². The lowest BCUT2D eigenvalue weighted by atomic mass is 9.94. The number of hydrogen-bond donors (Lipinski definition) is 2. The number of hydrogen-bond acceptors (Lipinski definition) is 7. The Hall–Kier alpha value is -2.55. The van der Waals surface area contributed by atoms with Gasteiger partial charge in [0.05, 0.1) is 5.56 Å². The van der Waals surface area contributed by atoms with E-state index in [2.05, 4.69) is 30.7 Å². The Balaban J connectivity index is 1.56. The number of nitrogens with zero attached hydrogens (tertiary/aromatic N) is 4. The predicted molar refractivity (Wildman–Crippen MR) is 110 cm³/mol. The molecule has 1 unspecified atom stereocenters. The number of piperidine rings is 1. The van der Waals surface area contributed by atoms with Crippen molar-refractivity contribution < 1.29 is 9.59 Å². The van der Waals surface area contributed by atoms with Gasteiger partial charge >= 0.3 is 0 Å². The van der Waals surface area contributed by atoms with E-state index in [1.165, 1.54) is 11.3 Å². The molecule has 1 atom stereocenters. The van der Waals surface area contributed by atoms with Crippen LogP contribution < -0.4 is 15.5 Å². The van der Waals surface area contributed by atoms with E-state index in [0.717, 1.165) is 31.7 Å². The van der Waals surface area contributed by atoms with E-state index in [1.54, 1.807) is 17.8 Å². The number of rotatable bonds is 5. The summed E-state index contributed by atoms with van der Waals surface area (Å²) in [6.07, 6.45) is 3.72. The van der Waals surface area contributed by atoms with Crippen LogP contribution in [0.25, 0.3) is 0 Å². The summed E-state index contributed by atoms with van der Waals surface area (Å²) in [5, 5.41) is 13.7. The van der Waals surface area contributed by atoms with Gasteiger partial charge in [-0.2, -0.15) is 0 Å². The fourth-order valence-electron chi connectivity index (χ4n) is 3.05. The van der Waals surface area contributed by atoms with E-state index in [9.17, 15) is 9.59 Å². The highest BCUT2D eigenvalue weighted by Crippen LogP contribution is 2.22. The van der Waals surface area contributed by atoms with Crippen LogP contribution in [0.1, 0.15) is 44.0 Å². The normalized spacial score (nSPS) is 17.2. The minimum atomic E-state index is -0.374. The SMILES string of the molecule is CC(C)(C)C(=O)NCC1CCCN(c2ccc(C(=O)Nc3nncs3)cn2)C1. The van der Waals surface area contributed by atoms with E-state index >= 15 is 0 Å². The van der Waals surface area contributed by atoms with Crippen molar-refractivity contribution in [2.75, 3.05) is 29.9 Å². The molecule has 0 radical (unpaired) electrons. The second-order valence-electron chi connectivity index (χ2n) is 8.02. The Kier molecular flexibility index (Phi) is 6.23. The van der Waals surface area contributed by atoms with Gasteiger partial charge in [-0.15, -0.1) is 10.2 Å². The first-order chi connectivity index (χ1) is 13.3. The Labute approximate surface area is 168 Å². The summed E-state index contributed by atoms with van der Waals surface area (Å²) in [4.78, 5) is 31.0. The highest BCUT2D eigenvalue weighted by atomic mass is 32.1. The predicted octanol–water partition coefficient (Wildman–Crippen LogP) is 2.56. The zero-order valence-corrected chi connectivity index (χ0v) is 17.3. The average Bonchev–Trinajstić information content (AvgIpc) is 3.18. The summed E-state index contributed by atoms with van der Waals surface area (Å²) < 4.78 is 0. The average molecular weight is 403 g/mol. The number of carbonyl (C=O) groups is 2. The fraction of sp³-hybridized carbons (Fsp3) is 0.526. The largest absolute Gasteiger partial charge is 0.356 e. The summed E-state index contributed by atoms with van der Waals surface area (Å²) in [6, 6.07) is 3.63. The summed E-state index contributed by atoms with van der Waals surface area (Å²) in [5.74, 6) is 1.06. The molecule has 0 saturated carbocycles. The van der Waals surface area contributed by atoms with Gasteiger partial charge in [-0.25, -0.2) is 4.98 Å². The quantitative estimate of drug-likeness (QED) is 0.797. The summed E-state index contributed by atoms with van der Waals surface area (Å²) in [5.41, 5.74) is 1.67. The van der Waals surface area contributed by atoms with Gasteiger partial charge in [-0.1, -0.05) is 32.1 Å². The molecular formula is C19H26N6O2S. The summed E-state index contributed by atoms with van der Waals surface area (Å²) in [7, 11) is 0. The van der Waals surface area contributed by atoms with Crippen LogP contribution in [-0.2, 0) is 4.79 Å². The molecular weight excluding hydrogens is 376 g/mol. The minimum absolute atomic E-state index is 0.0774. The molecule has 2 amide bonds. The van der Waals surface area contributed by atoms with Crippen molar-refractivity contribution in [2.24, 2.45) is 11.3 Å². The number of aromatic nitrogens is 3. The van der Waals surface area contributed by atoms with E-state index in [-0.39, 0.29) is 17.2 Å². The van der Waals surface area contributed by atoms with Crippen molar-refractivity contribution in [3.63, 3.8) is 0 Å². The van der Waals surface area contributed by atoms with Crippen LogP contribution in [-0.4, -0.2) is 46.6 Å². The maximum atomic E-state index is 12.2. The summed E-state index contributed by atoms with van der Waals surface area (Å²) in [6.45, 7) is 8.20. The Morgan fingerprint density at radius 1 is 1.32 bits per heavy atom. The molecule has 1 fully saturated rings. The van der Waals surface area contributed by atoms with E-state index < -0.39 is 0 Å². The Morgan fingerprint density at radius 3 is 2.79 bits per heavy atom. The van der Waals surface area contributed by atoms with E-state index in [1.807, 2.05) is 26.8 Å². The zero-order valence-electron chi connectivity index (χ0n) is 16.4. The first-order valence-corrected chi connectivity index (χ1v) is 10.3. The molecule has 2 N–H and O–H groups in total. The van der Waals surface area contributed by atoms with Crippen molar-refractivity contribution in [2.45, 2.75) is 33.6 Å². The van der Waals surface area contributed by atoms with Crippen molar-refractivity contribution in [1.82, 2.24) is 20.5 Å². The lowest BCUT2D eigenvalue weighted by Gasteiger charge is -2.34. The molecule has 0 aliphatic carbocycles. The lowest BCUT2D eigenvalue weighted by Crippen LogP contribution is -2.43. The number of carbonyl (C=O) groups excluding carboxylic acids is 2. The summed E-state index contributed by atoms with van der Waals surface area (Å²) >= 11 is 1.27. The number of nitrogens with one attached hydrogen (secondary N) is 2. The lowest BCUT2D eigenvalue weighted by molar-refractivity contribution is -0.128. The molecule has 3 heterocycles. The highest BCUT2D eigenvalue weighted by Gasteiger charge is 2.25. The molecule has 1 aliphatic rings. The van der Waals surface area contributed by atoms with Crippen LogP contribution >= 0.6 is 11.3 Å². The third kappa shape index (κ3) is 5.25. The van der Waals surface area contributed by atoms with Crippen molar-refractivity contribution in [1.29, 1.82) is 0 Å². The standard InChI is InChI=1S/C19H26N6O2S/c1-19(2,3)17(27)21-9-13-5-4-8-25(11-13)15-7-6-14(10-20-15)16(26)23-18-24-22-12-28-18/h6-7,10,12-13H,4-5,8-9,11H2,1-3H3,(H,21,27)(H,23,24,26). The number of anilines is 2. The van der Waals surface area contributed by atoms with Gasteiger partial charge in [0, 0.05) is 31.2 Å². The van der Waals surface area contributed by atoms with Gasteiger partial charge in [0.2, 0.25) is 11.0 Å². The van der Waals surface area contributed by atoms with Gasteiger partial charge in [0.25, 0.3) is 5.91 Å². The molecule has 1 saturated heterocycles. The van der Waals surface area contributed by atoms with Crippen molar-refractivity contribution >= 4 is 34.1 Å². The van der Waals surface area contributed by atoms with Crippen molar-refractivity contribution in [3.8, 4) is 0 Å². The third-order valence-corrected chi connectivity index (χ3v) is 5.27. The molecule has 0 bridgehead atoms. The number of pyridine rings is 1. The van der Waals surface area contributed by atoms with Gasteiger partial charge in [-0.05, 0) is 30.9 Å². The van der Waals surface area contributed by atoms with E-state index in [4.69, 9.17) is 0 Å². The first-order valence-electron chi connectivity index (χ1n) is 9.40. The zero-order chi connectivity index (χ0) is 20.1. The van der Waals surface area contributed by atoms with Crippen LogP contribution in [0, 0.1) is 11.3 Å². The van der Waals surface area contributed by atoms with Crippen LogP contribution in [0.2, 0.25) is 0 Å². The van der Waals surface area contributed by atoms with Crippen molar-refractivity contribution in [3.05, 3.63) is 29.4 Å². The van der Waals surface area contributed by atoms with Crippen LogP contribution in [0.3, 0.4) is 0 Å². The second-order valence-corrected chi connectivity index (χ2v) is 8.85. The minimum Gasteiger partial charge on any atom is -0.356 e. The second kappa shape index (κ2) is 8.64. The van der Waals surface area contributed by atoms with Gasteiger partial charge in [0.15, 0.2) is 0 Å². The molecule has 9 heteroatoms. The molecule has 2 aromatic heterocycles. The maximum Gasteiger partial charge on any atom is 0.259 e. The van der Waals surface area contributed by atoms with Crippen LogP contribution in [0.4, 0.5) is 10.9 Å². The Morgan fingerprint density at radius 2 is 2.14 bits per heavy atom. The molecule has 2 aromatic rings. The van der Waals surface area contributed by atoms with Gasteiger partial charge < -0.3 is 10.2 Å². The smallest absolute Gasteiger partial charge is 0.259 e. The topological polar surface area (TPSA) is 100 Å². The molecule has 150 valence electrons. The molecule has 8 nitrogen and oxygen atoms in total. The molecule has 3 rings (SSSR count). The highest BCUT2D eigenvalue weighted by molar-refractivity contribution is 7.13. The molecule has 0 spiro atoms. The van der Waals surface area contributed by atoms with Gasteiger partial charge in [0.1, 0.15) is 11.3 Å². The first kappa shape index (κ1) is 20.2. The monoisotopic (exact) mass is 402 g/mol. The molecule has 0 aromatic carbocycles. The molecule has 1 aliphatic heterocycles.